The number of hydrogen-bond acceptors (Lipinski definition) is 3. The van der Waals surface area contributed by atoms with E-state index in [1.165, 1.54) is 0 Å². The molecule has 0 aromatic carbocycles. The van der Waals surface area contributed by atoms with E-state index in [-0.39, 0.29) is 5.97 Å². The van der Waals surface area contributed by atoms with E-state index >= 15 is 0 Å². The van der Waals surface area contributed by atoms with Crippen LogP contribution in [0.1, 0.15) is 13.3 Å². The van der Waals surface area contributed by atoms with Crippen molar-refractivity contribution in [1.29, 1.82) is 0 Å². The average molecular weight is 174 g/mol. The Bertz CT molecular complexity index is 123. The molecule has 3 heteroatoms. The Morgan fingerprint density at radius 3 is 3.00 bits per heavy atom. The number of rotatable bonds is 6. The smallest absolute Gasteiger partial charge is 0.306 e. The minimum atomic E-state index is -0.107. The van der Waals surface area contributed by atoms with Crippen LogP contribution in [0.25, 0.3) is 0 Å². The van der Waals surface area contributed by atoms with Gasteiger partial charge in [-0.05, 0) is 6.92 Å². The van der Waals surface area contributed by atoms with E-state index in [0.717, 1.165) is 11.5 Å². The Morgan fingerprint density at radius 1 is 1.73 bits per heavy atom. The molecular formula is C8H14O2S. The van der Waals surface area contributed by atoms with Gasteiger partial charge in [0.15, 0.2) is 0 Å². The Kier molecular flexibility index (Phi) is 7.36. The first-order chi connectivity index (χ1) is 5.31. The van der Waals surface area contributed by atoms with E-state index in [4.69, 9.17) is 4.74 Å². The normalized spacial score (nSPS) is 9.18. The third kappa shape index (κ3) is 7.46. The maximum Gasteiger partial charge on any atom is 0.306 e. The number of ether oxygens (including phenoxy) is 1. The van der Waals surface area contributed by atoms with Gasteiger partial charge in [-0.15, -0.1) is 6.58 Å². The van der Waals surface area contributed by atoms with Crippen LogP contribution in [0.3, 0.4) is 0 Å². The summed E-state index contributed by atoms with van der Waals surface area (Å²) >= 11 is 1.69. The predicted molar refractivity (Wildman–Crippen MR) is 48.8 cm³/mol. The lowest BCUT2D eigenvalue weighted by atomic mass is 10.5. The van der Waals surface area contributed by atoms with E-state index in [1.807, 2.05) is 13.0 Å². The lowest BCUT2D eigenvalue weighted by molar-refractivity contribution is -0.142. The van der Waals surface area contributed by atoms with Gasteiger partial charge in [-0.1, -0.05) is 6.08 Å². The number of esters is 1. The highest BCUT2D eigenvalue weighted by molar-refractivity contribution is 7.99. The second-order valence-corrected chi connectivity index (χ2v) is 3.07. The maximum atomic E-state index is 10.7. The van der Waals surface area contributed by atoms with E-state index in [2.05, 4.69) is 6.58 Å². The zero-order valence-electron chi connectivity index (χ0n) is 6.84. The summed E-state index contributed by atoms with van der Waals surface area (Å²) in [6, 6.07) is 0. The highest BCUT2D eigenvalue weighted by Gasteiger charge is 1.99. The number of carbonyl (C=O) groups excluding carboxylic acids is 1. The SMILES string of the molecule is C=CCSCCC(=O)OCC. The molecule has 0 aliphatic rings. The first-order valence-corrected chi connectivity index (χ1v) is 4.81. The van der Waals surface area contributed by atoms with Gasteiger partial charge < -0.3 is 4.74 Å². The molecule has 0 rings (SSSR count). The highest BCUT2D eigenvalue weighted by Crippen LogP contribution is 2.02. The fraction of sp³-hybridized carbons (Fsp3) is 0.625. The summed E-state index contributed by atoms with van der Waals surface area (Å²) in [6.07, 6.45) is 2.34. The molecule has 2 nitrogen and oxygen atoms in total. The van der Waals surface area contributed by atoms with Crippen molar-refractivity contribution in [1.82, 2.24) is 0 Å². The van der Waals surface area contributed by atoms with Crippen molar-refractivity contribution in [3.8, 4) is 0 Å². The van der Waals surface area contributed by atoms with Gasteiger partial charge in [0.2, 0.25) is 0 Å². The lowest BCUT2D eigenvalue weighted by Gasteiger charge is -1.99. The van der Waals surface area contributed by atoms with Crippen LogP contribution < -0.4 is 0 Å². The van der Waals surface area contributed by atoms with Crippen LogP contribution in [0.4, 0.5) is 0 Å². The largest absolute Gasteiger partial charge is 0.466 e. The molecule has 11 heavy (non-hydrogen) atoms. The van der Waals surface area contributed by atoms with Crippen molar-refractivity contribution < 1.29 is 9.53 Å². The van der Waals surface area contributed by atoms with Gasteiger partial charge in [0.25, 0.3) is 0 Å². The van der Waals surface area contributed by atoms with Crippen LogP contribution in [0.15, 0.2) is 12.7 Å². The Hall–Kier alpha value is -0.440. The monoisotopic (exact) mass is 174 g/mol. The molecule has 0 bridgehead atoms. The predicted octanol–water partition coefficient (Wildman–Crippen LogP) is 1.86. The van der Waals surface area contributed by atoms with Gasteiger partial charge in [0, 0.05) is 11.5 Å². The minimum absolute atomic E-state index is 0.107. The third-order valence-electron chi connectivity index (χ3n) is 0.992. The summed E-state index contributed by atoms with van der Waals surface area (Å²) < 4.78 is 4.74. The summed E-state index contributed by atoms with van der Waals surface area (Å²) in [4.78, 5) is 10.7. The van der Waals surface area contributed by atoms with E-state index in [0.29, 0.717) is 13.0 Å². The molecule has 0 atom stereocenters. The van der Waals surface area contributed by atoms with Crippen LogP contribution in [0, 0.1) is 0 Å². The summed E-state index contributed by atoms with van der Waals surface area (Å²) in [5, 5.41) is 0. The second-order valence-electron chi connectivity index (χ2n) is 1.92. The number of thioether (sulfide) groups is 1. The van der Waals surface area contributed by atoms with Gasteiger partial charge in [-0.2, -0.15) is 11.8 Å². The van der Waals surface area contributed by atoms with Gasteiger partial charge >= 0.3 is 5.97 Å². The van der Waals surface area contributed by atoms with Crippen LogP contribution in [0.5, 0.6) is 0 Å². The molecule has 0 radical (unpaired) electrons. The van der Waals surface area contributed by atoms with Crippen molar-refractivity contribution >= 4 is 17.7 Å². The molecule has 0 amide bonds. The lowest BCUT2D eigenvalue weighted by Crippen LogP contribution is -2.04. The van der Waals surface area contributed by atoms with Crippen LogP contribution in [0.2, 0.25) is 0 Å². The van der Waals surface area contributed by atoms with Gasteiger partial charge in [-0.3, -0.25) is 4.79 Å². The standard InChI is InChI=1S/C8H14O2S/c1-3-6-11-7-5-8(9)10-4-2/h3H,1,4-7H2,2H3. The molecule has 0 fully saturated rings. The van der Waals surface area contributed by atoms with E-state index < -0.39 is 0 Å². The molecule has 0 N–H and O–H groups in total. The van der Waals surface area contributed by atoms with Crippen LogP contribution in [-0.2, 0) is 9.53 Å². The highest BCUT2D eigenvalue weighted by atomic mass is 32.2. The molecule has 0 saturated heterocycles. The maximum absolute atomic E-state index is 10.7. The molecule has 0 aliphatic heterocycles. The second kappa shape index (κ2) is 7.66. The topological polar surface area (TPSA) is 26.3 Å². The number of carbonyl (C=O) groups is 1. The van der Waals surface area contributed by atoms with Gasteiger partial charge in [0.05, 0.1) is 13.0 Å². The molecule has 0 spiro atoms. The van der Waals surface area contributed by atoms with Crippen LogP contribution in [-0.4, -0.2) is 24.1 Å². The molecule has 0 heterocycles. The molecule has 0 saturated carbocycles. The third-order valence-corrected chi connectivity index (χ3v) is 1.96. The molecular weight excluding hydrogens is 160 g/mol. The Morgan fingerprint density at radius 2 is 2.45 bits per heavy atom. The van der Waals surface area contributed by atoms with Gasteiger partial charge in [-0.25, -0.2) is 0 Å². The zero-order valence-corrected chi connectivity index (χ0v) is 7.65. The molecule has 0 aromatic rings. The fourth-order valence-electron chi connectivity index (χ4n) is 0.555. The molecule has 0 aromatic heterocycles. The van der Waals surface area contributed by atoms with Crippen molar-refractivity contribution in [3.05, 3.63) is 12.7 Å². The van der Waals surface area contributed by atoms with Crippen molar-refractivity contribution in [2.45, 2.75) is 13.3 Å². The quantitative estimate of drug-likeness (QED) is 0.349. The summed E-state index contributed by atoms with van der Waals surface area (Å²) in [5.74, 6) is 1.62. The number of hydrogen-bond donors (Lipinski definition) is 0. The average Bonchev–Trinajstić information content (AvgIpc) is 1.99. The Labute approximate surface area is 72.0 Å². The van der Waals surface area contributed by atoms with Gasteiger partial charge in [0.1, 0.15) is 0 Å². The summed E-state index contributed by atoms with van der Waals surface area (Å²) in [7, 11) is 0. The van der Waals surface area contributed by atoms with E-state index in [1.54, 1.807) is 11.8 Å². The molecule has 64 valence electrons. The first kappa shape index (κ1) is 10.6. The minimum Gasteiger partial charge on any atom is -0.466 e. The zero-order chi connectivity index (χ0) is 8.53. The summed E-state index contributed by atoms with van der Waals surface area (Å²) in [6.45, 7) is 5.87. The first-order valence-electron chi connectivity index (χ1n) is 3.65. The fourth-order valence-corrected chi connectivity index (χ4v) is 1.20. The molecule has 0 aliphatic carbocycles. The Balaban J connectivity index is 3.10. The van der Waals surface area contributed by atoms with Crippen LogP contribution >= 0.6 is 11.8 Å². The van der Waals surface area contributed by atoms with Crippen molar-refractivity contribution in [3.63, 3.8) is 0 Å². The molecule has 0 unspecified atom stereocenters. The van der Waals surface area contributed by atoms with Crippen molar-refractivity contribution in [2.75, 3.05) is 18.1 Å². The van der Waals surface area contributed by atoms with Crippen molar-refractivity contribution in [2.24, 2.45) is 0 Å². The summed E-state index contributed by atoms with van der Waals surface area (Å²) in [5.41, 5.74) is 0. The van der Waals surface area contributed by atoms with E-state index in [9.17, 15) is 4.79 Å².